The van der Waals surface area contributed by atoms with Gasteiger partial charge in [-0.3, -0.25) is 0 Å². The maximum Gasteiger partial charge on any atom is 0.0417 e. The van der Waals surface area contributed by atoms with Gasteiger partial charge in [-0.1, -0.05) is 92.0 Å². The molecule has 0 bridgehead atoms. The number of benzene rings is 2. The summed E-state index contributed by atoms with van der Waals surface area (Å²) in [7, 11) is 0. The maximum absolute atomic E-state index is 4.28. The molecule has 2 aromatic carbocycles. The average molecular weight is 260 g/mol. The topological polar surface area (TPSA) is 0 Å². The van der Waals surface area contributed by atoms with Gasteiger partial charge in [-0.2, -0.15) is 0 Å². The van der Waals surface area contributed by atoms with Crippen molar-refractivity contribution in [3.63, 3.8) is 0 Å². The van der Waals surface area contributed by atoms with Crippen molar-refractivity contribution in [3.05, 3.63) is 109 Å². The first-order chi connectivity index (χ1) is 9.69. The van der Waals surface area contributed by atoms with Gasteiger partial charge in [0.25, 0.3) is 0 Å². The average Bonchev–Trinajstić information content (AvgIpc) is 2.53. The summed E-state index contributed by atoms with van der Waals surface area (Å²) in [5.74, 6) is 0. The molecule has 0 heteroatoms. The molecule has 0 nitrogen and oxygen atoms in total. The predicted octanol–water partition coefficient (Wildman–Crippen LogP) is 5.29. The number of rotatable bonds is 5. The van der Waals surface area contributed by atoms with E-state index in [1.807, 2.05) is 24.3 Å². The van der Waals surface area contributed by atoms with Crippen molar-refractivity contribution in [1.82, 2.24) is 0 Å². The lowest BCUT2D eigenvalue weighted by molar-refractivity contribution is 0.694. The molecule has 2 aromatic rings. The quantitative estimate of drug-likeness (QED) is 0.641. The highest BCUT2D eigenvalue weighted by Crippen LogP contribution is 2.38. The number of hydrogen-bond acceptors (Lipinski definition) is 0. The molecule has 0 fully saturated rings. The predicted molar refractivity (Wildman–Crippen MR) is 87.8 cm³/mol. The first-order valence-electron chi connectivity index (χ1n) is 6.79. The third-order valence-corrected chi connectivity index (χ3v) is 3.78. The number of allylic oxidation sites excluding steroid dienone is 4. The van der Waals surface area contributed by atoms with E-state index in [0.717, 1.165) is 5.57 Å². The summed E-state index contributed by atoms with van der Waals surface area (Å²) in [4.78, 5) is 0. The monoisotopic (exact) mass is 260 g/mol. The van der Waals surface area contributed by atoms with E-state index in [1.165, 1.54) is 11.1 Å². The molecule has 0 aliphatic carbocycles. The second-order valence-electron chi connectivity index (χ2n) is 4.98. The Morgan fingerprint density at radius 3 is 1.75 bits per heavy atom. The lowest BCUT2D eigenvalue weighted by atomic mass is 9.71. The SMILES string of the molecule is C=C/C=C\C(=C)C(C)(c1ccccc1)c1ccccc1. The molecule has 20 heavy (non-hydrogen) atoms. The van der Waals surface area contributed by atoms with E-state index >= 15 is 0 Å². The fourth-order valence-corrected chi connectivity index (χ4v) is 2.43. The largest absolute Gasteiger partial charge is 0.0991 e. The normalized spacial score (nSPS) is 11.4. The third kappa shape index (κ3) is 2.65. The molecule has 0 saturated carbocycles. The molecular weight excluding hydrogens is 240 g/mol. The first kappa shape index (κ1) is 14.1. The van der Waals surface area contributed by atoms with Gasteiger partial charge in [0.2, 0.25) is 0 Å². The molecule has 0 aliphatic rings. The van der Waals surface area contributed by atoms with Gasteiger partial charge in [0, 0.05) is 5.41 Å². The molecule has 0 spiro atoms. The fourth-order valence-electron chi connectivity index (χ4n) is 2.43. The Labute approximate surface area is 121 Å². The highest BCUT2D eigenvalue weighted by atomic mass is 14.3. The van der Waals surface area contributed by atoms with Crippen LogP contribution < -0.4 is 0 Å². The summed E-state index contributed by atoms with van der Waals surface area (Å²) in [6.45, 7) is 10.2. The zero-order chi connectivity index (χ0) is 14.4. The van der Waals surface area contributed by atoms with Crippen LogP contribution in [0.5, 0.6) is 0 Å². The van der Waals surface area contributed by atoms with Crippen LogP contribution in [-0.4, -0.2) is 0 Å². The fraction of sp³-hybridized carbons (Fsp3) is 0.100. The third-order valence-electron chi connectivity index (χ3n) is 3.78. The maximum atomic E-state index is 4.28. The minimum Gasteiger partial charge on any atom is -0.0991 e. The second kappa shape index (κ2) is 6.21. The van der Waals surface area contributed by atoms with Crippen LogP contribution >= 0.6 is 0 Å². The Kier molecular flexibility index (Phi) is 4.37. The van der Waals surface area contributed by atoms with E-state index in [0.29, 0.717) is 0 Å². The van der Waals surface area contributed by atoms with Crippen LogP contribution in [0.25, 0.3) is 0 Å². The summed E-state index contributed by atoms with van der Waals surface area (Å²) in [5, 5.41) is 0. The molecule has 2 rings (SSSR count). The summed E-state index contributed by atoms with van der Waals surface area (Å²) < 4.78 is 0. The second-order valence-corrected chi connectivity index (χ2v) is 4.98. The van der Waals surface area contributed by atoms with Crippen LogP contribution in [0.2, 0.25) is 0 Å². The van der Waals surface area contributed by atoms with Crippen molar-refractivity contribution in [2.75, 3.05) is 0 Å². The minimum absolute atomic E-state index is 0.234. The Morgan fingerprint density at radius 1 is 0.900 bits per heavy atom. The van der Waals surface area contributed by atoms with Gasteiger partial charge in [-0.05, 0) is 23.6 Å². The van der Waals surface area contributed by atoms with Gasteiger partial charge in [-0.15, -0.1) is 0 Å². The van der Waals surface area contributed by atoms with Crippen molar-refractivity contribution in [1.29, 1.82) is 0 Å². The zero-order valence-electron chi connectivity index (χ0n) is 11.9. The van der Waals surface area contributed by atoms with Crippen LogP contribution in [0.3, 0.4) is 0 Å². The minimum atomic E-state index is -0.234. The molecule has 0 saturated heterocycles. The standard InChI is InChI=1S/C20H20/c1-4-5-12-17(2)20(3,18-13-8-6-9-14-18)19-15-10-7-11-16-19/h4-16H,1-2H2,3H3/b12-5-. The molecule has 0 unspecified atom stereocenters. The molecule has 0 N–H and O–H groups in total. The van der Waals surface area contributed by atoms with E-state index in [9.17, 15) is 0 Å². The van der Waals surface area contributed by atoms with Crippen molar-refractivity contribution < 1.29 is 0 Å². The lowest BCUT2D eigenvalue weighted by Gasteiger charge is -2.32. The van der Waals surface area contributed by atoms with E-state index < -0.39 is 0 Å². The van der Waals surface area contributed by atoms with Gasteiger partial charge >= 0.3 is 0 Å². The van der Waals surface area contributed by atoms with Crippen molar-refractivity contribution in [2.45, 2.75) is 12.3 Å². The van der Waals surface area contributed by atoms with Gasteiger partial charge < -0.3 is 0 Å². The van der Waals surface area contributed by atoms with Crippen LogP contribution in [0, 0.1) is 0 Å². The van der Waals surface area contributed by atoms with Crippen molar-refractivity contribution in [3.8, 4) is 0 Å². The highest BCUT2D eigenvalue weighted by Gasteiger charge is 2.30. The van der Waals surface area contributed by atoms with E-state index in [-0.39, 0.29) is 5.41 Å². The molecule has 0 aliphatic heterocycles. The summed E-state index contributed by atoms with van der Waals surface area (Å²) in [6, 6.07) is 21.0. The summed E-state index contributed by atoms with van der Waals surface area (Å²) in [6.07, 6.45) is 5.75. The molecular formula is C20H20. The molecule has 0 atom stereocenters. The zero-order valence-corrected chi connectivity index (χ0v) is 11.9. The smallest absolute Gasteiger partial charge is 0.0417 e. The van der Waals surface area contributed by atoms with Crippen LogP contribution in [0.4, 0.5) is 0 Å². The van der Waals surface area contributed by atoms with Gasteiger partial charge in [0.05, 0.1) is 0 Å². The molecule has 0 aromatic heterocycles. The highest BCUT2D eigenvalue weighted by molar-refractivity contribution is 5.50. The first-order valence-corrected chi connectivity index (χ1v) is 6.79. The van der Waals surface area contributed by atoms with Crippen molar-refractivity contribution >= 4 is 0 Å². The van der Waals surface area contributed by atoms with Gasteiger partial charge in [-0.25, -0.2) is 0 Å². The summed E-state index contributed by atoms with van der Waals surface area (Å²) >= 11 is 0. The van der Waals surface area contributed by atoms with Crippen LogP contribution in [-0.2, 0) is 5.41 Å². The summed E-state index contributed by atoms with van der Waals surface area (Å²) in [5.41, 5.74) is 3.30. The Balaban J connectivity index is 2.58. The Bertz CT molecular complexity index is 564. The van der Waals surface area contributed by atoms with Crippen LogP contribution in [0.1, 0.15) is 18.1 Å². The van der Waals surface area contributed by atoms with Crippen LogP contribution in [0.15, 0.2) is 97.6 Å². The van der Waals surface area contributed by atoms with E-state index in [1.54, 1.807) is 6.08 Å². The molecule has 0 amide bonds. The molecule has 0 heterocycles. The number of hydrogen-bond donors (Lipinski definition) is 0. The van der Waals surface area contributed by atoms with E-state index in [2.05, 4.69) is 68.6 Å². The van der Waals surface area contributed by atoms with Gasteiger partial charge in [0.15, 0.2) is 0 Å². The van der Waals surface area contributed by atoms with Gasteiger partial charge in [0.1, 0.15) is 0 Å². The Hall–Kier alpha value is -2.34. The molecule has 100 valence electrons. The van der Waals surface area contributed by atoms with Crippen molar-refractivity contribution in [2.24, 2.45) is 0 Å². The van der Waals surface area contributed by atoms with E-state index in [4.69, 9.17) is 0 Å². The Morgan fingerprint density at radius 2 is 1.35 bits per heavy atom. The molecule has 0 radical (unpaired) electrons. The lowest BCUT2D eigenvalue weighted by Crippen LogP contribution is -2.25.